The Morgan fingerprint density at radius 1 is 1.07 bits per heavy atom. The smallest absolute Gasteiger partial charge is 0.338 e. The van der Waals surface area contributed by atoms with Crippen LogP contribution in [0.25, 0.3) is 0 Å². The Labute approximate surface area is 168 Å². The maximum atomic E-state index is 12.1. The molecule has 1 heterocycles. The first-order valence-corrected chi connectivity index (χ1v) is 9.23. The normalized spacial score (nSPS) is 14.7. The van der Waals surface area contributed by atoms with Crippen molar-refractivity contribution in [3.8, 4) is 0 Å². The largest absolute Gasteiger partial charge is 0.467 e. The lowest BCUT2D eigenvalue weighted by atomic mass is 10.0. The van der Waals surface area contributed by atoms with E-state index in [1.807, 2.05) is 13.8 Å². The molecule has 0 radical (unpaired) electrons. The first-order valence-electron chi connectivity index (χ1n) is 9.23. The first-order chi connectivity index (χ1) is 13.7. The Morgan fingerprint density at radius 2 is 1.66 bits per heavy atom. The SMILES string of the molecule is COC(=O)[C@H](CC(C)C)NC(=O)COC(=O)c1ccc(N2C(=O)CCC2=O)cc1. The number of carbonyl (C=O) groups excluding carboxylic acids is 5. The minimum atomic E-state index is -0.818. The highest BCUT2D eigenvalue weighted by Gasteiger charge is 2.30. The Kier molecular flexibility index (Phi) is 7.46. The third-order valence-electron chi connectivity index (χ3n) is 4.28. The summed E-state index contributed by atoms with van der Waals surface area (Å²) in [6.45, 7) is 3.24. The lowest BCUT2D eigenvalue weighted by molar-refractivity contribution is -0.145. The van der Waals surface area contributed by atoms with E-state index in [4.69, 9.17) is 4.74 Å². The van der Waals surface area contributed by atoms with Gasteiger partial charge in [-0.15, -0.1) is 0 Å². The second-order valence-electron chi connectivity index (χ2n) is 7.02. The number of anilines is 1. The lowest BCUT2D eigenvalue weighted by Gasteiger charge is -2.18. The fourth-order valence-corrected chi connectivity index (χ4v) is 2.89. The van der Waals surface area contributed by atoms with E-state index in [-0.39, 0.29) is 36.1 Å². The topological polar surface area (TPSA) is 119 Å². The Balaban J connectivity index is 1.91. The third-order valence-corrected chi connectivity index (χ3v) is 4.28. The predicted molar refractivity (Wildman–Crippen MR) is 102 cm³/mol. The van der Waals surface area contributed by atoms with Crippen LogP contribution in [0.5, 0.6) is 0 Å². The molecule has 1 aromatic carbocycles. The maximum Gasteiger partial charge on any atom is 0.338 e. The van der Waals surface area contributed by atoms with Gasteiger partial charge >= 0.3 is 11.9 Å². The number of nitrogens with one attached hydrogen (secondary N) is 1. The van der Waals surface area contributed by atoms with Gasteiger partial charge in [-0.1, -0.05) is 13.8 Å². The number of rotatable bonds is 8. The summed E-state index contributed by atoms with van der Waals surface area (Å²) in [5.41, 5.74) is 0.536. The number of esters is 2. The van der Waals surface area contributed by atoms with E-state index in [0.717, 1.165) is 4.90 Å². The van der Waals surface area contributed by atoms with Crippen LogP contribution in [0, 0.1) is 5.92 Å². The molecule has 0 unspecified atom stereocenters. The highest BCUT2D eigenvalue weighted by Crippen LogP contribution is 2.22. The van der Waals surface area contributed by atoms with Gasteiger partial charge in [-0.3, -0.25) is 19.3 Å². The third kappa shape index (κ3) is 5.87. The van der Waals surface area contributed by atoms with E-state index < -0.39 is 30.5 Å². The van der Waals surface area contributed by atoms with E-state index in [2.05, 4.69) is 10.1 Å². The molecule has 29 heavy (non-hydrogen) atoms. The second-order valence-corrected chi connectivity index (χ2v) is 7.02. The molecule has 0 bridgehead atoms. The highest BCUT2D eigenvalue weighted by molar-refractivity contribution is 6.19. The number of imide groups is 1. The molecule has 1 fully saturated rings. The lowest BCUT2D eigenvalue weighted by Crippen LogP contribution is -2.44. The van der Waals surface area contributed by atoms with Crippen LogP contribution in [-0.4, -0.2) is 49.4 Å². The van der Waals surface area contributed by atoms with Gasteiger partial charge in [-0.2, -0.15) is 0 Å². The van der Waals surface area contributed by atoms with Crippen molar-refractivity contribution in [2.45, 2.75) is 39.2 Å². The fraction of sp³-hybridized carbons (Fsp3) is 0.450. The molecular weight excluding hydrogens is 380 g/mol. The van der Waals surface area contributed by atoms with Crippen molar-refractivity contribution in [1.82, 2.24) is 5.32 Å². The molecule has 3 amide bonds. The number of carbonyl (C=O) groups is 5. The summed E-state index contributed by atoms with van der Waals surface area (Å²) in [5, 5.41) is 2.49. The second kappa shape index (κ2) is 9.81. The predicted octanol–water partition coefficient (Wildman–Crippen LogP) is 1.20. The minimum Gasteiger partial charge on any atom is -0.467 e. The number of nitrogens with zero attached hydrogens (tertiary/aromatic N) is 1. The van der Waals surface area contributed by atoms with Crippen LogP contribution in [0.2, 0.25) is 0 Å². The van der Waals surface area contributed by atoms with Gasteiger partial charge in [0.1, 0.15) is 6.04 Å². The summed E-state index contributed by atoms with van der Waals surface area (Å²) in [6.07, 6.45) is 0.726. The van der Waals surface area contributed by atoms with Crippen LogP contribution in [0.1, 0.15) is 43.5 Å². The monoisotopic (exact) mass is 404 g/mol. The van der Waals surface area contributed by atoms with E-state index in [1.54, 1.807) is 0 Å². The van der Waals surface area contributed by atoms with Gasteiger partial charge in [-0.05, 0) is 36.6 Å². The summed E-state index contributed by atoms with van der Waals surface area (Å²) >= 11 is 0. The van der Waals surface area contributed by atoms with Crippen LogP contribution in [-0.2, 0) is 28.7 Å². The van der Waals surface area contributed by atoms with Gasteiger partial charge in [-0.25, -0.2) is 9.59 Å². The molecule has 0 aromatic heterocycles. The number of hydrogen-bond acceptors (Lipinski definition) is 7. The summed E-state index contributed by atoms with van der Waals surface area (Å²) in [5.74, 6) is -2.37. The van der Waals surface area contributed by atoms with Crippen molar-refractivity contribution in [2.24, 2.45) is 5.92 Å². The van der Waals surface area contributed by atoms with Crippen molar-refractivity contribution < 1.29 is 33.4 Å². The summed E-state index contributed by atoms with van der Waals surface area (Å²) in [4.78, 5) is 60.4. The van der Waals surface area contributed by atoms with E-state index in [1.165, 1.54) is 31.4 Å². The molecule has 1 N–H and O–H groups in total. The van der Waals surface area contributed by atoms with Crippen molar-refractivity contribution in [3.05, 3.63) is 29.8 Å². The summed E-state index contributed by atoms with van der Waals surface area (Å²) in [7, 11) is 1.23. The molecule has 9 nitrogen and oxygen atoms in total. The Bertz CT molecular complexity index is 786. The molecule has 1 aliphatic rings. The van der Waals surface area contributed by atoms with E-state index >= 15 is 0 Å². The zero-order valence-electron chi connectivity index (χ0n) is 16.6. The van der Waals surface area contributed by atoms with Gasteiger partial charge in [0.25, 0.3) is 5.91 Å². The molecule has 1 saturated heterocycles. The zero-order chi connectivity index (χ0) is 21.6. The number of methoxy groups -OCH3 is 1. The van der Waals surface area contributed by atoms with Crippen molar-refractivity contribution in [1.29, 1.82) is 0 Å². The number of ether oxygens (including phenoxy) is 2. The quantitative estimate of drug-likeness (QED) is 0.511. The van der Waals surface area contributed by atoms with Gasteiger partial charge in [0.15, 0.2) is 6.61 Å². The first kappa shape index (κ1) is 22.1. The van der Waals surface area contributed by atoms with E-state index in [0.29, 0.717) is 12.1 Å². The molecule has 156 valence electrons. The molecule has 0 aliphatic carbocycles. The number of benzene rings is 1. The van der Waals surface area contributed by atoms with Gasteiger partial charge in [0, 0.05) is 12.8 Å². The minimum absolute atomic E-state index is 0.148. The molecule has 0 saturated carbocycles. The van der Waals surface area contributed by atoms with Crippen molar-refractivity contribution in [3.63, 3.8) is 0 Å². The zero-order valence-corrected chi connectivity index (χ0v) is 16.6. The average Bonchev–Trinajstić information content (AvgIpc) is 3.03. The van der Waals surface area contributed by atoms with Crippen LogP contribution in [0.3, 0.4) is 0 Å². The number of hydrogen-bond donors (Lipinski definition) is 1. The Morgan fingerprint density at radius 3 is 2.17 bits per heavy atom. The highest BCUT2D eigenvalue weighted by atomic mass is 16.5. The number of amides is 3. The Hall–Kier alpha value is -3.23. The standard InChI is InChI=1S/C20H24N2O7/c1-12(2)10-15(20(27)28-3)21-16(23)11-29-19(26)13-4-6-14(7-5-13)22-17(24)8-9-18(22)25/h4-7,12,15H,8-11H2,1-3H3,(H,21,23)/t15-/m0/s1. The van der Waals surface area contributed by atoms with Crippen molar-refractivity contribution >= 4 is 35.3 Å². The fourth-order valence-electron chi connectivity index (χ4n) is 2.89. The molecule has 1 aliphatic heterocycles. The molecule has 1 atom stereocenters. The summed E-state index contributed by atoms with van der Waals surface area (Å²) in [6, 6.07) is 4.93. The van der Waals surface area contributed by atoms with Gasteiger partial charge in [0.2, 0.25) is 11.8 Å². The van der Waals surface area contributed by atoms with Gasteiger partial charge in [0.05, 0.1) is 18.4 Å². The molecule has 0 spiro atoms. The van der Waals surface area contributed by atoms with E-state index in [9.17, 15) is 24.0 Å². The average molecular weight is 404 g/mol. The van der Waals surface area contributed by atoms with Crippen LogP contribution >= 0.6 is 0 Å². The van der Waals surface area contributed by atoms with Crippen LogP contribution in [0.4, 0.5) is 5.69 Å². The molecule has 1 aromatic rings. The van der Waals surface area contributed by atoms with Crippen molar-refractivity contribution in [2.75, 3.05) is 18.6 Å². The van der Waals surface area contributed by atoms with Crippen LogP contribution < -0.4 is 10.2 Å². The van der Waals surface area contributed by atoms with Crippen LogP contribution in [0.15, 0.2) is 24.3 Å². The molecular formula is C20H24N2O7. The molecule has 2 rings (SSSR count). The van der Waals surface area contributed by atoms with Gasteiger partial charge < -0.3 is 14.8 Å². The maximum absolute atomic E-state index is 12.1. The molecule has 9 heteroatoms. The summed E-state index contributed by atoms with van der Waals surface area (Å²) < 4.78 is 9.63.